The molecular weight excluding hydrogens is 319 g/mol. The van der Waals surface area contributed by atoms with Gasteiger partial charge in [0.15, 0.2) is 0 Å². The quantitative estimate of drug-likeness (QED) is 0.841. The number of hydrogen-bond acceptors (Lipinski definition) is 2. The van der Waals surface area contributed by atoms with Crippen LogP contribution in [0.4, 0.5) is 10.1 Å². The molecule has 1 heterocycles. The third-order valence-corrected chi connectivity index (χ3v) is 4.60. The lowest BCUT2D eigenvalue weighted by Crippen LogP contribution is -2.57. The summed E-state index contributed by atoms with van der Waals surface area (Å²) in [6.45, 7) is 5.99. The zero-order valence-corrected chi connectivity index (χ0v) is 14.6. The normalized spacial score (nSPS) is 17.8. The van der Waals surface area contributed by atoms with Gasteiger partial charge in [-0.25, -0.2) is 4.39 Å². The third kappa shape index (κ3) is 3.40. The molecule has 25 heavy (non-hydrogen) atoms. The van der Waals surface area contributed by atoms with Gasteiger partial charge in [0.25, 0.3) is 5.91 Å². The number of rotatable bonds is 2. The van der Waals surface area contributed by atoms with Crippen molar-refractivity contribution < 1.29 is 14.0 Å². The number of carbonyl (C=O) groups excluding carboxylic acids is 2. The fraction of sp³-hybridized carbons (Fsp3) is 0.300. The molecular formula is C20H21FN2O2. The number of carbonyl (C=O) groups is 2. The second-order valence-corrected chi connectivity index (χ2v) is 6.59. The largest absolute Gasteiger partial charge is 0.325 e. The van der Waals surface area contributed by atoms with Gasteiger partial charge in [0.2, 0.25) is 5.91 Å². The lowest BCUT2D eigenvalue weighted by molar-refractivity contribution is -0.121. The summed E-state index contributed by atoms with van der Waals surface area (Å²) in [5, 5.41) is 0. The summed E-state index contributed by atoms with van der Waals surface area (Å²) in [5.74, 6) is -0.702. The van der Waals surface area contributed by atoms with Crippen molar-refractivity contribution in [2.75, 3.05) is 18.0 Å². The van der Waals surface area contributed by atoms with Crippen molar-refractivity contribution in [3.63, 3.8) is 0 Å². The van der Waals surface area contributed by atoms with E-state index in [-0.39, 0.29) is 30.2 Å². The van der Waals surface area contributed by atoms with Crippen LogP contribution in [0.3, 0.4) is 0 Å². The van der Waals surface area contributed by atoms with Gasteiger partial charge in [-0.15, -0.1) is 0 Å². The number of amides is 2. The zero-order valence-electron chi connectivity index (χ0n) is 14.6. The Morgan fingerprint density at radius 1 is 1.12 bits per heavy atom. The average Bonchev–Trinajstić information content (AvgIpc) is 2.59. The van der Waals surface area contributed by atoms with E-state index < -0.39 is 0 Å². The van der Waals surface area contributed by atoms with Crippen molar-refractivity contribution in [3.05, 3.63) is 65.0 Å². The van der Waals surface area contributed by atoms with Crippen LogP contribution in [0.25, 0.3) is 0 Å². The summed E-state index contributed by atoms with van der Waals surface area (Å²) in [6.07, 6.45) is 0. The molecule has 3 rings (SSSR count). The van der Waals surface area contributed by atoms with Crippen LogP contribution in [-0.4, -0.2) is 35.8 Å². The van der Waals surface area contributed by atoms with E-state index in [4.69, 9.17) is 0 Å². The Morgan fingerprint density at radius 3 is 2.44 bits per heavy atom. The fourth-order valence-electron chi connectivity index (χ4n) is 3.04. The highest BCUT2D eigenvalue weighted by molar-refractivity contribution is 6.02. The highest BCUT2D eigenvalue weighted by Crippen LogP contribution is 2.22. The first-order chi connectivity index (χ1) is 11.9. The van der Waals surface area contributed by atoms with Crippen LogP contribution in [0.1, 0.15) is 28.4 Å². The minimum absolute atomic E-state index is 0.0182. The molecule has 0 radical (unpaired) electrons. The topological polar surface area (TPSA) is 40.6 Å². The molecule has 0 N–H and O–H groups in total. The molecule has 2 aromatic carbocycles. The maximum atomic E-state index is 13.4. The van der Waals surface area contributed by atoms with Crippen molar-refractivity contribution in [2.24, 2.45) is 0 Å². The molecule has 1 fully saturated rings. The molecule has 0 unspecified atom stereocenters. The van der Waals surface area contributed by atoms with Gasteiger partial charge in [-0.3, -0.25) is 9.59 Å². The van der Waals surface area contributed by atoms with Gasteiger partial charge in [0.1, 0.15) is 12.4 Å². The van der Waals surface area contributed by atoms with E-state index >= 15 is 0 Å². The van der Waals surface area contributed by atoms with Crippen molar-refractivity contribution in [1.82, 2.24) is 4.90 Å². The molecule has 0 bridgehead atoms. The van der Waals surface area contributed by atoms with Crippen molar-refractivity contribution in [3.8, 4) is 0 Å². The lowest BCUT2D eigenvalue weighted by Gasteiger charge is -2.39. The van der Waals surface area contributed by atoms with E-state index in [2.05, 4.69) is 0 Å². The summed E-state index contributed by atoms with van der Waals surface area (Å²) in [6, 6.07) is 11.9. The smallest absolute Gasteiger partial charge is 0.254 e. The maximum Gasteiger partial charge on any atom is 0.254 e. The summed E-state index contributed by atoms with van der Waals surface area (Å²) < 4.78 is 13.4. The minimum Gasteiger partial charge on any atom is -0.325 e. The second kappa shape index (κ2) is 6.67. The zero-order chi connectivity index (χ0) is 18.1. The Hall–Kier alpha value is -2.69. The molecule has 1 aliphatic rings. The van der Waals surface area contributed by atoms with Crippen LogP contribution in [-0.2, 0) is 4.79 Å². The SMILES string of the molecule is Cc1ccc(N2C[C@H](C)N(C(=O)c3ccc(F)c(C)c3)CC2=O)cc1. The number of aryl methyl sites for hydroxylation is 2. The first kappa shape index (κ1) is 17.1. The molecule has 2 amide bonds. The van der Waals surface area contributed by atoms with Crippen LogP contribution in [0.2, 0.25) is 0 Å². The molecule has 0 aromatic heterocycles. The highest BCUT2D eigenvalue weighted by atomic mass is 19.1. The molecule has 0 spiro atoms. The molecule has 0 aliphatic carbocycles. The number of halogens is 1. The van der Waals surface area contributed by atoms with Crippen LogP contribution in [0.15, 0.2) is 42.5 Å². The molecule has 130 valence electrons. The first-order valence-corrected chi connectivity index (χ1v) is 8.31. The Kier molecular flexibility index (Phi) is 4.57. The summed E-state index contributed by atoms with van der Waals surface area (Å²) >= 11 is 0. The van der Waals surface area contributed by atoms with E-state index in [1.807, 2.05) is 38.1 Å². The second-order valence-electron chi connectivity index (χ2n) is 6.59. The lowest BCUT2D eigenvalue weighted by atomic mass is 10.1. The first-order valence-electron chi connectivity index (χ1n) is 8.31. The highest BCUT2D eigenvalue weighted by Gasteiger charge is 2.33. The number of hydrogen-bond donors (Lipinski definition) is 0. The molecule has 1 aliphatic heterocycles. The molecule has 4 nitrogen and oxygen atoms in total. The Balaban J connectivity index is 1.79. The molecule has 1 saturated heterocycles. The summed E-state index contributed by atoms with van der Waals surface area (Å²) in [4.78, 5) is 28.6. The molecule has 5 heteroatoms. The van der Waals surface area contributed by atoms with Crippen molar-refractivity contribution >= 4 is 17.5 Å². The Bertz CT molecular complexity index is 817. The Labute approximate surface area is 146 Å². The van der Waals surface area contributed by atoms with Gasteiger partial charge in [0, 0.05) is 23.8 Å². The molecule has 0 saturated carbocycles. The third-order valence-electron chi connectivity index (χ3n) is 4.60. The van der Waals surface area contributed by atoms with E-state index in [1.165, 1.54) is 18.2 Å². The van der Waals surface area contributed by atoms with Crippen LogP contribution >= 0.6 is 0 Å². The number of benzene rings is 2. The monoisotopic (exact) mass is 340 g/mol. The number of anilines is 1. The van der Waals surface area contributed by atoms with Gasteiger partial charge in [-0.2, -0.15) is 0 Å². The average molecular weight is 340 g/mol. The standard InChI is InChI=1S/C20H21FN2O2/c1-13-4-7-17(8-5-13)23-11-15(3)22(12-19(23)24)20(25)16-6-9-18(21)14(2)10-16/h4-10,15H,11-12H2,1-3H3/t15-/m0/s1. The summed E-state index contributed by atoms with van der Waals surface area (Å²) in [7, 11) is 0. The van der Waals surface area contributed by atoms with Crippen LogP contribution in [0, 0.1) is 19.7 Å². The number of nitrogens with zero attached hydrogens (tertiary/aromatic N) is 2. The van der Waals surface area contributed by atoms with Crippen LogP contribution < -0.4 is 4.90 Å². The van der Waals surface area contributed by atoms with Crippen molar-refractivity contribution in [2.45, 2.75) is 26.8 Å². The number of piperazine rings is 1. The Morgan fingerprint density at radius 2 is 1.80 bits per heavy atom. The van der Waals surface area contributed by atoms with Gasteiger partial charge >= 0.3 is 0 Å². The van der Waals surface area contributed by atoms with E-state index in [0.29, 0.717) is 17.7 Å². The fourth-order valence-corrected chi connectivity index (χ4v) is 3.04. The van der Waals surface area contributed by atoms with Gasteiger partial charge < -0.3 is 9.80 Å². The minimum atomic E-state index is -0.343. The molecule has 1 atom stereocenters. The van der Waals surface area contributed by atoms with Crippen molar-refractivity contribution in [1.29, 1.82) is 0 Å². The van der Waals surface area contributed by atoms with Gasteiger partial charge in [-0.1, -0.05) is 17.7 Å². The predicted octanol–water partition coefficient (Wildman–Crippen LogP) is 3.32. The van der Waals surface area contributed by atoms with Gasteiger partial charge in [0.05, 0.1) is 0 Å². The van der Waals surface area contributed by atoms with Crippen LogP contribution in [0.5, 0.6) is 0 Å². The van der Waals surface area contributed by atoms with E-state index in [0.717, 1.165) is 11.3 Å². The maximum absolute atomic E-state index is 13.4. The van der Waals surface area contributed by atoms with Gasteiger partial charge in [-0.05, 0) is 56.7 Å². The predicted molar refractivity (Wildman–Crippen MR) is 95.2 cm³/mol. The summed E-state index contributed by atoms with van der Waals surface area (Å²) in [5.41, 5.74) is 2.79. The van der Waals surface area contributed by atoms with E-state index in [9.17, 15) is 14.0 Å². The molecule has 2 aromatic rings. The van der Waals surface area contributed by atoms with E-state index in [1.54, 1.807) is 16.7 Å².